The molecule has 0 atom stereocenters. The molecular weight excluding hydrogens is 1030 g/mol. The van der Waals surface area contributed by atoms with Crippen molar-refractivity contribution in [1.29, 1.82) is 0 Å². The zero-order valence-electron chi connectivity index (χ0n) is 42.1. The SMILES string of the molecule is CCN(CC)c1ccc(/N=N/c2sc3c(c2S(=O)(=O)O)CC(C)(C)CC3=O)c(Nc2nc(Nc3cc(N(CC)CC)ccc3/N=N/c3sc4c(c3S(=O)(=O)O)CC(C)(C)CC4=O)nc(SC3CCCCC3)n2)c1. The highest BCUT2D eigenvalue weighted by Gasteiger charge is 2.40. The minimum absolute atomic E-state index is 0.111. The first kappa shape index (κ1) is 54.0. The van der Waals surface area contributed by atoms with Gasteiger partial charge in [0.15, 0.2) is 26.7 Å². The Bertz CT molecular complexity index is 3030. The number of Topliss-reactive ketones (excluding diaryl/α,β-unsaturated/α-hetero) is 2. The van der Waals surface area contributed by atoms with Crippen molar-refractivity contribution >= 4 is 122 Å². The number of thioether (sulfide) groups is 1. The van der Waals surface area contributed by atoms with Gasteiger partial charge in [0.25, 0.3) is 20.2 Å². The number of nitrogens with zero attached hydrogens (tertiary/aromatic N) is 9. The lowest BCUT2D eigenvalue weighted by atomic mass is 9.76. The molecule has 4 N–H and O–H groups in total. The summed E-state index contributed by atoms with van der Waals surface area (Å²) in [4.78, 5) is 45.1. The van der Waals surface area contributed by atoms with E-state index in [0.29, 0.717) is 42.7 Å². The molecule has 1 fully saturated rings. The zero-order valence-corrected chi connectivity index (χ0v) is 46.2. The van der Waals surface area contributed by atoms with Gasteiger partial charge < -0.3 is 20.4 Å². The number of carbonyl (C=O) groups excluding carboxylic acids is 2. The minimum atomic E-state index is -4.80. The Morgan fingerprint density at radius 2 is 1.04 bits per heavy atom. The Labute approximate surface area is 438 Å². The summed E-state index contributed by atoms with van der Waals surface area (Å²) in [6, 6.07) is 10.9. The van der Waals surface area contributed by atoms with Gasteiger partial charge in [0.1, 0.15) is 21.2 Å². The molecule has 1 saturated carbocycles. The number of hydrogen-bond acceptors (Lipinski definition) is 20. The van der Waals surface area contributed by atoms with Gasteiger partial charge in [-0.2, -0.15) is 31.8 Å². The van der Waals surface area contributed by atoms with Gasteiger partial charge in [-0.15, -0.1) is 43.1 Å². The van der Waals surface area contributed by atoms with E-state index in [0.717, 1.165) is 66.2 Å². The van der Waals surface area contributed by atoms with E-state index in [4.69, 9.17) is 15.0 Å². The second-order valence-electron chi connectivity index (χ2n) is 20.0. The molecule has 3 aromatic heterocycles. The summed E-state index contributed by atoms with van der Waals surface area (Å²) in [5.41, 5.74) is 2.52. The van der Waals surface area contributed by atoms with Crippen LogP contribution in [0.3, 0.4) is 0 Å². The molecule has 2 aromatic carbocycles. The Hall–Kier alpha value is -5.24. The van der Waals surface area contributed by atoms with Gasteiger partial charge in [-0.1, -0.05) is 58.7 Å². The van der Waals surface area contributed by atoms with Crippen LogP contribution in [0, 0.1) is 10.8 Å². The molecule has 3 heterocycles. The second-order valence-corrected chi connectivity index (χ2v) is 25.9. The van der Waals surface area contributed by atoms with Crippen molar-refractivity contribution in [3.05, 3.63) is 57.3 Å². The summed E-state index contributed by atoms with van der Waals surface area (Å²) < 4.78 is 72.6. The van der Waals surface area contributed by atoms with Crippen LogP contribution in [-0.4, -0.2) is 83.9 Å². The number of thiophene rings is 2. The minimum Gasteiger partial charge on any atom is -0.372 e. The molecule has 0 aliphatic heterocycles. The number of anilines is 6. The molecule has 0 amide bonds. The van der Waals surface area contributed by atoms with Gasteiger partial charge in [0.05, 0.1) is 21.1 Å². The Balaban J connectivity index is 1.22. The van der Waals surface area contributed by atoms with E-state index in [2.05, 4.69) is 40.9 Å². The molecule has 3 aliphatic carbocycles. The number of ketones is 2. The average molecular weight is 1090 g/mol. The zero-order chi connectivity index (χ0) is 52.6. The van der Waals surface area contributed by atoms with Crippen molar-refractivity contribution < 1.29 is 35.5 Å². The fourth-order valence-electron chi connectivity index (χ4n) is 9.71. The molecule has 73 heavy (non-hydrogen) atoms. The van der Waals surface area contributed by atoms with Crippen molar-refractivity contribution in [3.63, 3.8) is 0 Å². The summed E-state index contributed by atoms with van der Waals surface area (Å²) >= 11 is 3.33. The molecule has 5 aromatic rings. The van der Waals surface area contributed by atoms with Crippen LogP contribution in [0.4, 0.5) is 56.0 Å². The van der Waals surface area contributed by atoms with Crippen LogP contribution in [0.25, 0.3) is 0 Å². The van der Waals surface area contributed by atoms with E-state index in [1.807, 2.05) is 79.7 Å². The number of carbonyl (C=O) groups is 2. The number of hydrogen-bond donors (Lipinski definition) is 4. The van der Waals surface area contributed by atoms with Crippen molar-refractivity contribution in [2.24, 2.45) is 31.3 Å². The van der Waals surface area contributed by atoms with E-state index < -0.39 is 40.9 Å². The summed E-state index contributed by atoms with van der Waals surface area (Å²) in [5.74, 6) is -0.170. The number of aromatic nitrogens is 3. The Kier molecular flexibility index (Phi) is 15.9. The van der Waals surface area contributed by atoms with Gasteiger partial charge >= 0.3 is 0 Å². The van der Waals surface area contributed by atoms with Crippen LogP contribution in [0.5, 0.6) is 0 Å². The molecule has 390 valence electrons. The van der Waals surface area contributed by atoms with E-state index in [-0.39, 0.29) is 96.7 Å². The molecule has 24 heteroatoms. The first-order valence-corrected chi connectivity index (χ1v) is 29.8. The highest BCUT2D eigenvalue weighted by atomic mass is 32.2. The summed E-state index contributed by atoms with van der Waals surface area (Å²) in [5, 5.41) is 25.0. The van der Waals surface area contributed by atoms with E-state index in [1.165, 1.54) is 0 Å². The molecule has 0 unspecified atom stereocenters. The summed E-state index contributed by atoms with van der Waals surface area (Å²) in [6.45, 7) is 18.4. The van der Waals surface area contributed by atoms with Gasteiger partial charge in [0.2, 0.25) is 11.9 Å². The molecular formula is C49H61N11O8S5. The number of azo groups is 2. The van der Waals surface area contributed by atoms with Crippen LogP contribution < -0.4 is 20.4 Å². The third-order valence-corrected chi connectivity index (χ3v) is 18.8. The third kappa shape index (κ3) is 12.3. The van der Waals surface area contributed by atoms with Gasteiger partial charge in [0, 0.05) is 55.6 Å². The average Bonchev–Trinajstić information content (AvgIpc) is 3.87. The predicted molar refractivity (Wildman–Crippen MR) is 289 cm³/mol. The van der Waals surface area contributed by atoms with E-state index in [1.54, 1.807) is 23.9 Å². The monoisotopic (exact) mass is 1090 g/mol. The van der Waals surface area contributed by atoms with Crippen LogP contribution in [-0.2, 0) is 33.1 Å². The van der Waals surface area contributed by atoms with E-state index in [9.17, 15) is 35.5 Å². The largest absolute Gasteiger partial charge is 0.372 e. The number of rotatable bonds is 18. The second kappa shape index (κ2) is 21.5. The molecule has 19 nitrogen and oxygen atoms in total. The number of nitrogens with one attached hydrogen (secondary N) is 2. The first-order valence-electron chi connectivity index (χ1n) is 24.4. The van der Waals surface area contributed by atoms with Crippen molar-refractivity contribution in [2.45, 2.75) is 133 Å². The third-order valence-electron chi connectivity index (χ3n) is 13.1. The molecule has 0 radical (unpaired) electrons. The molecule has 0 spiro atoms. The topological polar surface area (TPSA) is 262 Å². The molecule has 0 saturated heterocycles. The lowest BCUT2D eigenvalue weighted by Crippen LogP contribution is -2.26. The molecule has 0 bridgehead atoms. The van der Waals surface area contributed by atoms with Crippen molar-refractivity contribution in [1.82, 2.24) is 15.0 Å². The van der Waals surface area contributed by atoms with Crippen LogP contribution >= 0.6 is 34.4 Å². The smallest absolute Gasteiger partial charge is 0.297 e. The first-order chi connectivity index (χ1) is 34.5. The van der Waals surface area contributed by atoms with Gasteiger partial charge in [-0.25, -0.2) is 0 Å². The van der Waals surface area contributed by atoms with Crippen molar-refractivity contribution in [3.8, 4) is 0 Å². The molecule has 8 rings (SSSR count). The van der Waals surface area contributed by atoms with Crippen LogP contribution in [0.1, 0.15) is 131 Å². The highest BCUT2D eigenvalue weighted by molar-refractivity contribution is 7.99. The maximum absolute atomic E-state index is 13.2. The molecule has 3 aliphatic rings. The standard InChI is InChI=1S/C49H61N11O8S5/c1-9-59(10-2)28-18-20-33(55-57-43-41(72(63,64)65)31-24-48(5,6)26-37(61)39(31)70-43)35(22-28)50-45-52-46(54-47(53-45)69-30-16-14-13-15-17-30)51-36-23-29(60(11-3)12-4)19-21-34(36)56-58-44-42(73(66,67)68)32-25-49(7,8)27-38(62)40(32)71-44/h18-23,30H,9-17,24-27H2,1-8H3,(H,63,64,65)(H,66,67,68)(H2,50,51,52,53,54)/b57-55+,58-56+. The van der Waals surface area contributed by atoms with Crippen molar-refractivity contribution in [2.75, 3.05) is 46.6 Å². The Morgan fingerprint density at radius 3 is 1.42 bits per heavy atom. The number of fused-ring (bicyclic) bond motifs is 2. The highest BCUT2D eigenvalue weighted by Crippen LogP contribution is 2.49. The maximum Gasteiger partial charge on any atom is 0.297 e. The normalized spacial score (nSPS) is 17.0. The Morgan fingerprint density at radius 1 is 0.630 bits per heavy atom. The van der Waals surface area contributed by atoms with E-state index >= 15 is 0 Å². The summed E-state index contributed by atoms with van der Waals surface area (Å²) in [6.07, 6.45) is 6.22. The van der Waals surface area contributed by atoms with Gasteiger partial charge in [-0.05, 0) is 112 Å². The number of benzene rings is 2. The quantitative estimate of drug-likeness (QED) is 0.0469. The maximum atomic E-state index is 13.2. The lowest BCUT2D eigenvalue weighted by molar-refractivity contribution is 0.0907. The van der Waals surface area contributed by atoms with Crippen LogP contribution in [0.15, 0.2) is 71.8 Å². The lowest BCUT2D eigenvalue weighted by Gasteiger charge is -2.28. The van der Waals surface area contributed by atoms with Gasteiger partial charge in [-0.3, -0.25) is 18.7 Å². The fourth-order valence-corrected chi connectivity index (χ4v) is 15.3. The predicted octanol–water partition coefficient (Wildman–Crippen LogP) is 13.2. The fraction of sp³-hybridized carbons (Fsp3) is 0.490. The van der Waals surface area contributed by atoms with Crippen LogP contribution in [0.2, 0.25) is 0 Å². The summed E-state index contributed by atoms with van der Waals surface area (Å²) in [7, 11) is -9.61.